The zero-order valence-electron chi connectivity index (χ0n) is 9.12. The summed E-state index contributed by atoms with van der Waals surface area (Å²) < 4.78 is 5.21. The van der Waals surface area contributed by atoms with Crippen molar-refractivity contribution in [2.24, 2.45) is 22.8 Å². The van der Waals surface area contributed by atoms with Crippen molar-refractivity contribution in [3.05, 3.63) is 0 Å². The van der Waals surface area contributed by atoms with Crippen molar-refractivity contribution in [2.75, 3.05) is 6.61 Å². The van der Waals surface area contributed by atoms with Crippen LogP contribution in [-0.2, 0) is 4.52 Å². The number of nitriles is 1. The molecule has 0 radical (unpaired) electrons. The van der Waals surface area contributed by atoms with Gasteiger partial charge in [-0.1, -0.05) is 27.7 Å². The molecule has 0 spiro atoms. The fourth-order valence-electron chi connectivity index (χ4n) is 1.46. The van der Waals surface area contributed by atoms with Crippen LogP contribution in [-0.4, -0.2) is 6.61 Å². The highest BCUT2D eigenvalue weighted by Crippen LogP contribution is 2.41. The number of halogens is 1. The summed E-state index contributed by atoms with van der Waals surface area (Å²) in [5.74, 6) is 0.443. The summed E-state index contributed by atoms with van der Waals surface area (Å²) in [7, 11) is -1.40. The van der Waals surface area contributed by atoms with Gasteiger partial charge in [-0.2, -0.15) is 5.26 Å². The molecule has 1 atom stereocenters. The summed E-state index contributed by atoms with van der Waals surface area (Å²) in [6.07, 6.45) is 0. The average molecular weight is 237 g/mol. The molecule has 0 rings (SSSR count). The van der Waals surface area contributed by atoms with E-state index in [2.05, 4.69) is 6.07 Å². The van der Waals surface area contributed by atoms with Crippen LogP contribution in [0.25, 0.3) is 0 Å². The Morgan fingerprint density at radius 3 is 2.07 bits per heavy atom. The van der Waals surface area contributed by atoms with Gasteiger partial charge in [0, 0.05) is 0 Å². The van der Waals surface area contributed by atoms with Crippen LogP contribution in [0, 0.1) is 28.6 Å². The van der Waals surface area contributed by atoms with Crippen LogP contribution < -0.4 is 5.50 Å². The Hall–Kier alpha value is 0.130. The predicted molar refractivity (Wildman–Crippen MR) is 60.6 cm³/mol. The summed E-state index contributed by atoms with van der Waals surface area (Å²) >= 11 is 5.56. The van der Waals surface area contributed by atoms with Crippen LogP contribution >= 0.6 is 18.9 Å². The zero-order valence-corrected chi connectivity index (χ0v) is 10.8. The third kappa shape index (κ3) is 3.37. The van der Waals surface area contributed by atoms with Crippen molar-refractivity contribution < 1.29 is 4.52 Å². The maximum Gasteiger partial charge on any atom is 0.201 e. The molecular formula is C9H18ClN2OP. The second-order valence-corrected chi connectivity index (χ2v) is 5.81. The van der Waals surface area contributed by atoms with Crippen molar-refractivity contribution in [3.63, 3.8) is 0 Å². The molecule has 0 aromatic carbocycles. The third-order valence-electron chi connectivity index (χ3n) is 2.70. The SMILES string of the molecule is CC(C)C(C#N)(COP(N)Cl)C(C)C. The highest BCUT2D eigenvalue weighted by atomic mass is 35.7. The molecule has 14 heavy (non-hydrogen) atoms. The standard InChI is InChI=1S/C9H18ClN2OP/c1-7(2)9(5-11,8(3)4)6-13-14(10)12/h7-8H,6,12H2,1-4H3. The van der Waals surface area contributed by atoms with E-state index >= 15 is 0 Å². The first kappa shape index (κ1) is 14.1. The molecule has 2 N–H and O–H groups in total. The monoisotopic (exact) mass is 236 g/mol. The Labute approximate surface area is 92.2 Å². The normalized spacial score (nSPS) is 14.5. The maximum absolute atomic E-state index is 9.22. The fourth-order valence-corrected chi connectivity index (χ4v) is 1.94. The van der Waals surface area contributed by atoms with Crippen molar-refractivity contribution in [1.82, 2.24) is 0 Å². The van der Waals surface area contributed by atoms with Gasteiger partial charge in [0.15, 0.2) is 0 Å². The van der Waals surface area contributed by atoms with E-state index in [1.54, 1.807) is 0 Å². The molecular weight excluding hydrogens is 219 g/mol. The van der Waals surface area contributed by atoms with E-state index in [9.17, 15) is 5.26 Å². The molecule has 1 unspecified atom stereocenters. The average Bonchev–Trinajstić information content (AvgIpc) is 2.04. The molecule has 0 aromatic heterocycles. The minimum atomic E-state index is -1.40. The minimum Gasteiger partial charge on any atom is -0.330 e. The van der Waals surface area contributed by atoms with Gasteiger partial charge in [-0.05, 0) is 23.1 Å². The Balaban J connectivity index is 4.62. The predicted octanol–water partition coefficient (Wildman–Crippen LogP) is 3.25. The van der Waals surface area contributed by atoms with Gasteiger partial charge in [-0.3, -0.25) is 5.50 Å². The topological polar surface area (TPSA) is 59.0 Å². The molecule has 3 nitrogen and oxygen atoms in total. The highest BCUT2D eigenvalue weighted by Gasteiger charge is 2.38. The molecule has 0 aromatic rings. The molecule has 0 fully saturated rings. The second-order valence-electron chi connectivity index (χ2n) is 4.01. The molecule has 0 saturated carbocycles. The van der Waals surface area contributed by atoms with E-state index in [0.29, 0.717) is 6.61 Å². The van der Waals surface area contributed by atoms with E-state index < -0.39 is 13.1 Å². The number of hydrogen-bond acceptors (Lipinski definition) is 3. The summed E-state index contributed by atoms with van der Waals surface area (Å²) in [5, 5.41) is 9.22. The summed E-state index contributed by atoms with van der Waals surface area (Å²) in [6, 6.07) is 2.34. The van der Waals surface area contributed by atoms with Crippen LogP contribution in [0.3, 0.4) is 0 Å². The van der Waals surface area contributed by atoms with Crippen molar-refractivity contribution >= 4 is 18.9 Å². The van der Waals surface area contributed by atoms with Crippen molar-refractivity contribution in [1.29, 1.82) is 5.26 Å². The minimum absolute atomic E-state index is 0.221. The van der Waals surface area contributed by atoms with Gasteiger partial charge in [0.05, 0.1) is 18.1 Å². The summed E-state index contributed by atoms with van der Waals surface area (Å²) in [4.78, 5) is 0. The lowest BCUT2D eigenvalue weighted by atomic mass is 9.71. The van der Waals surface area contributed by atoms with Crippen molar-refractivity contribution in [2.45, 2.75) is 27.7 Å². The fraction of sp³-hybridized carbons (Fsp3) is 0.889. The smallest absolute Gasteiger partial charge is 0.201 e. The largest absolute Gasteiger partial charge is 0.330 e. The zero-order chi connectivity index (χ0) is 11.4. The van der Waals surface area contributed by atoms with Gasteiger partial charge in [-0.15, -0.1) is 0 Å². The molecule has 0 aliphatic heterocycles. The molecule has 82 valence electrons. The van der Waals surface area contributed by atoms with Crippen LogP contribution in [0.1, 0.15) is 27.7 Å². The number of hydrogen-bond donors (Lipinski definition) is 1. The third-order valence-corrected chi connectivity index (χ3v) is 3.36. The van der Waals surface area contributed by atoms with Gasteiger partial charge in [0.2, 0.25) is 7.65 Å². The van der Waals surface area contributed by atoms with Crippen LogP contribution in [0.4, 0.5) is 0 Å². The molecule has 0 heterocycles. The first-order valence-electron chi connectivity index (χ1n) is 4.61. The van der Waals surface area contributed by atoms with Gasteiger partial charge in [0.1, 0.15) is 0 Å². The van der Waals surface area contributed by atoms with E-state index in [4.69, 9.17) is 21.3 Å². The van der Waals surface area contributed by atoms with E-state index in [1.807, 2.05) is 27.7 Å². The molecule has 0 aliphatic carbocycles. The van der Waals surface area contributed by atoms with Crippen molar-refractivity contribution in [3.8, 4) is 6.07 Å². The van der Waals surface area contributed by atoms with Crippen LogP contribution in [0.5, 0.6) is 0 Å². The Morgan fingerprint density at radius 2 is 1.86 bits per heavy atom. The molecule has 0 saturated heterocycles. The summed E-state index contributed by atoms with van der Waals surface area (Å²) in [5.41, 5.74) is 4.86. The van der Waals surface area contributed by atoms with Crippen LogP contribution in [0.2, 0.25) is 0 Å². The lowest BCUT2D eigenvalue weighted by molar-refractivity contribution is 0.109. The lowest BCUT2D eigenvalue weighted by Gasteiger charge is -2.34. The number of nitrogens with zero attached hydrogens (tertiary/aromatic N) is 1. The van der Waals surface area contributed by atoms with Gasteiger partial charge < -0.3 is 4.52 Å². The van der Waals surface area contributed by atoms with Crippen LogP contribution in [0.15, 0.2) is 0 Å². The Kier molecular flexibility index (Phi) is 5.93. The van der Waals surface area contributed by atoms with Gasteiger partial charge in [0.25, 0.3) is 0 Å². The Bertz CT molecular complexity index is 205. The molecule has 0 bridgehead atoms. The highest BCUT2D eigenvalue weighted by molar-refractivity contribution is 7.78. The number of rotatable bonds is 5. The van der Waals surface area contributed by atoms with E-state index in [0.717, 1.165) is 0 Å². The lowest BCUT2D eigenvalue weighted by Crippen LogP contribution is -2.36. The Morgan fingerprint density at radius 1 is 1.43 bits per heavy atom. The molecule has 5 heteroatoms. The van der Waals surface area contributed by atoms with Gasteiger partial charge >= 0.3 is 0 Å². The second kappa shape index (κ2) is 5.88. The first-order valence-corrected chi connectivity index (χ1v) is 6.85. The van der Waals surface area contributed by atoms with E-state index in [1.165, 1.54) is 0 Å². The molecule has 0 aliphatic rings. The van der Waals surface area contributed by atoms with E-state index in [-0.39, 0.29) is 11.8 Å². The first-order chi connectivity index (χ1) is 6.36. The van der Waals surface area contributed by atoms with Gasteiger partial charge in [-0.25, -0.2) is 0 Å². The summed E-state index contributed by atoms with van der Waals surface area (Å²) in [6.45, 7) is 8.36. The molecule has 0 amide bonds. The number of nitrogens with two attached hydrogens (primary N) is 1. The quantitative estimate of drug-likeness (QED) is 0.746. The maximum atomic E-state index is 9.22.